The Morgan fingerprint density at radius 2 is 1.85 bits per heavy atom. The van der Waals surface area contributed by atoms with Crippen LogP contribution in [0.15, 0.2) is 34.9 Å². The van der Waals surface area contributed by atoms with E-state index in [9.17, 15) is 17.6 Å². The van der Waals surface area contributed by atoms with Crippen molar-refractivity contribution in [2.75, 3.05) is 0 Å². The van der Waals surface area contributed by atoms with Crippen molar-refractivity contribution >= 4 is 15.9 Å². The van der Waals surface area contributed by atoms with Crippen LogP contribution in [0.2, 0.25) is 0 Å². The van der Waals surface area contributed by atoms with E-state index >= 15 is 0 Å². The molecule has 0 spiro atoms. The van der Waals surface area contributed by atoms with Gasteiger partial charge in [0.1, 0.15) is 16.9 Å². The molecule has 8 heteroatoms. The predicted octanol–water partition coefficient (Wildman–Crippen LogP) is 3.98. The van der Waals surface area contributed by atoms with Gasteiger partial charge in [0.2, 0.25) is 5.88 Å². The molecule has 0 amide bonds. The van der Waals surface area contributed by atoms with Gasteiger partial charge < -0.3 is 4.74 Å². The Balaban J connectivity index is 2.09. The maximum Gasteiger partial charge on any atom is 0.433 e. The highest BCUT2D eigenvalue weighted by atomic mass is 79.9. The van der Waals surface area contributed by atoms with Crippen LogP contribution in [-0.4, -0.2) is 9.97 Å². The van der Waals surface area contributed by atoms with Crippen molar-refractivity contribution < 1.29 is 22.3 Å². The van der Waals surface area contributed by atoms with Gasteiger partial charge in [-0.05, 0) is 34.1 Å². The van der Waals surface area contributed by atoms with Gasteiger partial charge in [-0.25, -0.2) is 14.4 Å². The average Bonchev–Trinajstić information content (AvgIpc) is 2.39. The molecule has 0 N–H and O–H groups in total. The van der Waals surface area contributed by atoms with Crippen LogP contribution in [0.3, 0.4) is 0 Å². The number of alkyl halides is 3. The summed E-state index contributed by atoms with van der Waals surface area (Å²) in [4.78, 5) is 7.16. The molecule has 0 unspecified atom stereocenters. The van der Waals surface area contributed by atoms with E-state index in [0.29, 0.717) is 0 Å². The first-order valence-electron chi connectivity index (χ1n) is 5.34. The van der Waals surface area contributed by atoms with Crippen LogP contribution in [0.5, 0.6) is 5.88 Å². The topological polar surface area (TPSA) is 35.0 Å². The van der Waals surface area contributed by atoms with Crippen LogP contribution in [0.1, 0.15) is 11.4 Å². The summed E-state index contributed by atoms with van der Waals surface area (Å²) in [5.41, 5.74) is -0.895. The van der Waals surface area contributed by atoms with Crippen LogP contribution >= 0.6 is 15.9 Å². The molecule has 0 saturated carbocycles. The summed E-state index contributed by atoms with van der Waals surface area (Å²) in [7, 11) is 0. The molecule has 106 valence electrons. The minimum atomic E-state index is -4.51. The van der Waals surface area contributed by atoms with Gasteiger partial charge in [0.25, 0.3) is 0 Å². The quantitative estimate of drug-likeness (QED) is 0.620. The molecule has 0 aliphatic heterocycles. The largest absolute Gasteiger partial charge is 0.471 e. The highest BCUT2D eigenvalue weighted by molar-refractivity contribution is 9.10. The van der Waals surface area contributed by atoms with Gasteiger partial charge in [0.15, 0.2) is 5.82 Å². The third-order valence-electron chi connectivity index (χ3n) is 2.24. The SMILES string of the molecule is Fc1ccc(OCc2cccc(C(F)(F)F)n2)nc1Br. The van der Waals surface area contributed by atoms with Gasteiger partial charge in [-0.1, -0.05) is 6.07 Å². The van der Waals surface area contributed by atoms with Crippen LogP contribution in [-0.2, 0) is 12.8 Å². The normalized spacial score (nSPS) is 11.4. The molecule has 2 heterocycles. The lowest BCUT2D eigenvalue weighted by Crippen LogP contribution is -2.10. The fourth-order valence-corrected chi connectivity index (χ4v) is 1.65. The molecular weight excluding hydrogens is 344 g/mol. The molecule has 0 aliphatic carbocycles. The van der Waals surface area contributed by atoms with E-state index in [1.165, 1.54) is 18.2 Å². The monoisotopic (exact) mass is 350 g/mol. The summed E-state index contributed by atoms with van der Waals surface area (Å²) in [5.74, 6) is -0.480. The zero-order valence-electron chi connectivity index (χ0n) is 9.79. The number of pyridine rings is 2. The number of hydrogen-bond donors (Lipinski definition) is 0. The lowest BCUT2D eigenvalue weighted by molar-refractivity contribution is -0.141. The Hall–Kier alpha value is -1.70. The predicted molar refractivity (Wildman–Crippen MR) is 65.5 cm³/mol. The number of ether oxygens (including phenoxy) is 1. The molecule has 2 aromatic heterocycles. The molecule has 0 bridgehead atoms. The summed E-state index contributed by atoms with van der Waals surface area (Å²) >= 11 is 2.88. The van der Waals surface area contributed by atoms with Gasteiger partial charge in [-0.15, -0.1) is 0 Å². The standard InChI is InChI=1S/C12H7BrF4N2O/c13-11-8(14)4-5-10(19-11)20-6-7-2-1-3-9(18-7)12(15,16)17/h1-5H,6H2. The first kappa shape index (κ1) is 14.7. The second-order valence-electron chi connectivity index (χ2n) is 3.72. The molecule has 3 nitrogen and oxygen atoms in total. The van der Waals surface area contributed by atoms with Gasteiger partial charge in [0.05, 0.1) is 5.69 Å². The molecular formula is C12H7BrF4N2O. The van der Waals surface area contributed by atoms with E-state index in [2.05, 4.69) is 25.9 Å². The third kappa shape index (κ3) is 3.66. The first-order valence-corrected chi connectivity index (χ1v) is 6.13. The fraction of sp³-hybridized carbons (Fsp3) is 0.167. The number of hydrogen-bond acceptors (Lipinski definition) is 3. The summed E-state index contributed by atoms with van der Waals surface area (Å²) in [6.07, 6.45) is -4.51. The highest BCUT2D eigenvalue weighted by Gasteiger charge is 2.32. The molecule has 0 aliphatic rings. The maximum atomic E-state index is 12.9. The van der Waals surface area contributed by atoms with E-state index in [0.717, 1.165) is 12.1 Å². The number of halogens is 5. The maximum absolute atomic E-state index is 12.9. The molecule has 20 heavy (non-hydrogen) atoms. The minimum Gasteiger partial charge on any atom is -0.471 e. The third-order valence-corrected chi connectivity index (χ3v) is 2.80. The molecule has 2 rings (SSSR count). The van der Waals surface area contributed by atoms with Crippen molar-refractivity contribution in [3.8, 4) is 5.88 Å². The number of nitrogens with zero attached hydrogens (tertiary/aromatic N) is 2. The van der Waals surface area contributed by atoms with Crippen molar-refractivity contribution in [2.24, 2.45) is 0 Å². The van der Waals surface area contributed by atoms with Gasteiger partial charge >= 0.3 is 6.18 Å². The summed E-state index contributed by atoms with van der Waals surface area (Å²) in [6, 6.07) is 5.91. The zero-order valence-corrected chi connectivity index (χ0v) is 11.4. The highest BCUT2D eigenvalue weighted by Crippen LogP contribution is 2.27. The van der Waals surface area contributed by atoms with Crippen molar-refractivity contribution in [1.29, 1.82) is 0 Å². The van der Waals surface area contributed by atoms with Gasteiger partial charge in [0, 0.05) is 6.07 Å². The van der Waals surface area contributed by atoms with E-state index in [1.807, 2.05) is 0 Å². The van der Waals surface area contributed by atoms with Gasteiger partial charge in [-0.3, -0.25) is 0 Å². The Kier molecular flexibility index (Phi) is 4.22. The van der Waals surface area contributed by atoms with Crippen LogP contribution in [0.25, 0.3) is 0 Å². The second-order valence-corrected chi connectivity index (χ2v) is 4.47. The summed E-state index contributed by atoms with van der Waals surface area (Å²) in [6.45, 7) is -0.199. The van der Waals surface area contributed by atoms with Crippen LogP contribution in [0, 0.1) is 5.82 Å². The first-order chi connectivity index (χ1) is 9.36. The Labute approximate surface area is 119 Å². The smallest absolute Gasteiger partial charge is 0.433 e. The zero-order chi connectivity index (χ0) is 14.8. The molecule has 0 saturated heterocycles. The van der Waals surface area contributed by atoms with Crippen molar-refractivity contribution in [1.82, 2.24) is 9.97 Å². The van der Waals surface area contributed by atoms with Crippen molar-refractivity contribution in [2.45, 2.75) is 12.8 Å². The second kappa shape index (κ2) is 5.74. The minimum absolute atomic E-state index is 0.0352. The van der Waals surface area contributed by atoms with Crippen molar-refractivity contribution in [3.63, 3.8) is 0 Å². The summed E-state index contributed by atoms with van der Waals surface area (Å²) in [5, 5.41) is 0. The Morgan fingerprint density at radius 3 is 2.50 bits per heavy atom. The number of rotatable bonds is 3. The Bertz CT molecular complexity index is 619. The van der Waals surface area contributed by atoms with E-state index in [1.54, 1.807) is 0 Å². The van der Waals surface area contributed by atoms with E-state index in [4.69, 9.17) is 4.74 Å². The molecule has 0 aromatic carbocycles. The molecule has 2 aromatic rings. The van der Waals surface area contributed by atoms with Crippen molar-refractivity contribution in [3.05, 3.63) is 52.1 Å². The molecule has 0 atom stereocenters. The average molecular weight is 351 g/mol. The van der Waals surface area contributed by atoms with Gasteiger partial charge in [-0.2, -0.15) is 13.2 Å². The van der Waals surface area contributed by atoms with Crippen LogP contribution in [0.4, 0.5) is 17.6 Å². The summed E-state index contributed by atoms with van der Waals surface area (Å²) < 4.78 is 55.5. The lowest BCUT2D eigenvalue weighted by atomic mass is 10.3. The lowest BCUT2D eigenvalue weighted by Gasteiger charge is -2.08. The molecule has 0 radical (unpaired) electrons. The number of aromatic nitrogens is 2. The Morgan fingerprint density at radius 1 is 1.10 bits per heavy atom. The van der Waals surface area contributed by atoms with Crippen LogP contribution < -0.4 is 4.74 Å². The molecule has 0 fully saturated rings. The fourth-order valence-electron chi connectivity index (χ4n) is 1.35. The van der Waals surface area contributed by atoms with E-state index < -0.39 is 17.7 Å². The van der Waals surface area contributed by atoms with E-state index in [-0.39, 0.29) is 22.8 Å².